The minimum absolute atomic E-state index is 0.104. The maximum atomic E-state index is 13.4. The number of hydrogen-bond donors (Lipinski definition) is 1. The van der Waals surface area contributed by atoms with Gasteiger partial charge in [-0.15, -0.1) is 0 Å². The lowest BCUT2D eigenvalue weighted by Gasteiger charge is -2.23. The number of methoxy groups -OCH3 is 2. The van der Waals surface area contributed by atoms with Crippen LogP contribution in [0.2, 0.25) is 25.7 Å². The number of aliphatic hydroxyl groups excluding tert-OH is 1. The highest BCUT2D eigenvalue weighted by Gasteiger charge is 2.44. The first-order valence-corrected chi connectivity index (χ1v) is 18.1. The zero-order valence-corrected chi connectivity index (χ0v) is 27.6. The number of ether oxygens (including phenoxy) is 6. The van der Waals surface area contributed by atoms with Crippen LogP contribution in [0.25, 0.3) is 6.08 Å². The van der Waals surface area contributed by atoms with Crippen LogP contribution < -0.4 is 9.47 Å². The first kappa shape index (κ1) is 36.8. The van der Waals surface area contributed by atoms with Crippen LogP contribution in [-0.2, 0) is 18.9 Å². The van der Waals surface area contributed by atoms with E-state index in [9.17, 15) is 23.1 Å². The molecule has 0 saturated carbocycles. The minimum Gasteiger partial charge on any atom is -0.497 e. The number of benzene rings is 1. The summed E-state index contributed by atoms with van der Waals surface area (Å²) < 4.78 is 73.9. The highest BCUT2D eigenvalue weighted by atomic mass is 28.3. The second-order valence-electron chi connectivity index (χ2n) is 12.6. The van der Waals surface area contributed by atoms with E-state index in [1.54, 1.807) is 38.1 Å². The van der Waals surface area contributed by atoms with Crippen molar-refractivity contribution >= 4 is 20.1 Å². The molecule has 2 rings (SSSR count). The number of carbonyl (C=O) groups is 1. The van der Waals surface area contributed by atoms with Crippen LogP contribution in [0.5, 0.6) is 11.5 Å². The van der Waals surface area contributed by atoms with Crippen molar-refractivity contribution in [2.75, 3.05) is 27.6 Å². The number of esters is 1. The Morgan fingerprint density at radius 1 is 1.14 bits per heavy atom. The summed E-state index contributed by atoms with van der Waals surface area (Å²) in [6.45, 7) is 13.0. The molecule has 1 heterocycles. The summed E-state index contributed by atoms with van der Waals surface area (Å²) in [4.78, 5) is 13.3. The lowest BCUT2D eigenvalue weighted by Crippen LogP contribution is -2.34. The molecule has 4 atom stereocenters. The molecule has 1 aromatic rings. The standard InChI is InChI=1S/C31H47F3O8Si/c1-20(2)23(31(32,33)34)13-14-24(35)28-25(41-30(3,4)42-28)12-10-11-21-17-22(38-6)18-26(40-19-37-5)27(21)29(36)39-15-16-43(7,8)9/h10-11,13-14,17-18,20,23-25,28,35H,12,15-16,19H2,1-9H3/b11-10+,14-13-. The van der Waals surface area contributed by atoms with Gasteiger partial charge in [-0.3, -0.25) is 0 Å². The van der Waals surface area contributed by atoms with Crippen molar-refractivity contribution in [2.24, 2.45) is 11.8 Å². The fourth-order valence-electron chi connectivity index (χ4n) is 4.55. The highest BCUT2D eigenvalue weighted by molar-refractivity contribution is 6.76. The number of hydrogen-bond acceptors (Lipinski definition) is 8. The van der Waals surface area contributed by atoms with Gasteiger partial charge in [0.05, 0.1) is 25.7 Å². The van der Waals surface area contributed by atoms with Gasteiger partial charge >= 0.3 is 12.1 Å². The van der Waals surface area contributed by atoms with Crippen molar-refractivity contribution in [3.63, 3.8) is 0 Å². The van der Waals surface area contributed by atoms with Gasteiger partial charge in [-0.1, -0.05) is 57.8 Å². The Hall–Kier alpha value is -2.38. The van der Waals surface area contributed by atoms with E-state index < -0.39 is 56.2 Å². The van der Waals surface area contributed by atoms with E-state index in [2.05, 4.69) is 19.6 Å². The van der Waals surface area contributed by atoms with Crippen LogP contribution in [0, 0.1) is 11.8 Å². The van der Waals surface area contributed by atoms with E-state index in [1.807, 2.05) is 0 Å². The number of halogens is 3. The lowest BCUT2D eigenvalue weighted by molar-refractivity contribution is -0.171. The van der Waals surface area contributed by atoms with Crippen molar-refractivity contribution in [1.82, 2.24) is 0 Å². The largest absolute Gasteiger partial charge is 0.497 e. The van der Waals surface area contributed by atoms with Gasteiger partial charge in [0.2, 0.25) is 0 Å². The van der Waals surface area contributed by atoms with Gasteiger partial charge in [0.25, 0.3) is 0 Å². The molecule has 1 N–H and O–H groups in total. The average Bonchev–Trinajstić information content (AvgIpc) is 3.19. The molecular formula is C31H47F3O8Si. The molecule has 0 amide bonds. The molecule has 4 unspecified atom stereocenters. The number of alkyl halides is 3. The van der Waals surface area contributed by atoms with E-state index in [-0.39, 0.29) is 31.1 Å². The van der Waals surface area contributed by atoms with E-state index in [0.717, 1.165) is 18.2 Å². The molecule has 0 aromatic heterocycles. The number of carbonyl (C=O) groups excluding carboxylic acids is 1. The van der Waals surface area contributed by atoms with Crippen molar-refractivity contribution in [2.45, 2.75) is 90.1 Å². The summed E-state index contributed by atoms with van der Waals surface area (Å²) >= 11 is 0. The van der Waals surface area contributed by atoms with Crippen LogP contribution in [0.15, 0.2) is 30.4 Å². The molecule has 8 nitrogen and oxygen atoms in total. The van der Waals surface area contributed by atoms with Crippen molar-refractivity contribution in [1.29, 1.82) is 0 Å². The molecule has 0 spiro atoms. The molecule has 1 fully saturated rings. The SMILES string of the molecule is COCOc1cc(OC)cc(/C=C/CC2OC(C)(C)OC2C(O)/C=C\C(C(C)C)C(F)(F)F)c1C(=O)OCC[Si](C)(C)C. The van der Waals surface area contributed by atoms with Crippen molar-refractivity contribution < 1.29 is 51.5 Å². The van der Waals surface area contributed by atoms with Crippen molar-refractivity contribution in [3.8, 4) is 11.5 Å². The van der Waals surface area contributed by atoms with Crippen molar-refractivity contribution in [3.05, 3.63) is 41.5 Å². The normalized spacial score (nSPS) is 20.6. The summed E-state index contributed by atoms with van der Waals surface area (Å²) in [5.74, 6) is -3.37. The fourth-order valence-corrected chi connectivity index (χ4v) is 5.27. The topological polar surface area (TPSA) is 92.7 Å². The van der Waals surface area contributed by atoms with Crippen LogP contribution in [0.3, 0.4) is 0 Å². The highest BCUT2D eigenvalue weighted by Crippen LogP contribution is 2.36. The van der Waals surface area contributed by atoms with E-state index in [1.165, 1.54) is 28.1 Å². The Kier molecular flexibility index (Phi) is 13.3. The Morgan fingerprint density at radius 3 is 2.37 bits per heavy atom. The van der Waals surface area contributed by atoms with Crippen LogP contribution in [-0.4, -0.2) is 77.0 Å². The van der Waals surface area contributed by atoms with Gasteiger partial charge in [-0.25, -0.2) is 4.79 Å². The summed E-state index contributed by atoms with van der Waals surface area (Å²) in [6.07, 6.45) is -1.63. The third kappa shape index (κ3) is 11.6. The maximum Gasteiger partial charge on any atom is 0.395 e. The second kappa shape index (κ2) is 15.6. The summed E-state index contributed by atoms with van der Waals surface area (Å²) in [7, 11) is 1.50. The fraction of sp³-hybridized carbons (Fsp3) is 0.645. The Bertz CT molecular complexity index is 1110. The van der Waals surface area contributed by atoms with E-state index in [0.29, 0.717) is 11.3 Å². The molecule has 43 heavy (non-hydrogen) atoms. The molecule has 0 aliphatic carbocycles. The molecule has 244 valence electrons. The smallest absolute Gasteiger partial charge is 0.395 e. The Morgan fingerprint density at radius 2 is 1.81 bits per heavy atom. The molecular weight excluding hydrogens is 585 g/mol. The second-order valence-corrected chi connectivity index (χ2v) is 18.2. The summed E-state index contributed by atoms with van der Waals surface area (Å²) in [5.41, 5.74) is 0.656. The number of allylic oxidation sites excluding steroid dienone is 1. The summed E-state index contributed by atoms with van der Waals surface area (Å²) in [5, 5.41) is 10.8. The molecule has 1 aliphatic heterocycles. The van der Waals surface area contributed by atoms with E-state index in [4.69, 9.17) is 28.4 Å². The molecule has 12 heteroatoms. The first-order chi connectivity index (χ1) is 19.9. The van der Waals surface area contributed by atoms with Gasteiger partial charge in [0.15, 0.2) is 12.6 Å². The number of rotatable bonds is 15. The van der Waals surface area contributed by atoms with Gasteiger partial charge in [-0.2, -0.15) is 13.2 Å². The van der Waals surface area contributed by atoms with Gasteiger partial charge in [-0.05, 0) is 43.9 Å². The maximum absolute atomic E-state index is 13.4. The third-order valence-corrected chi connectivity index (χ3v) is 8.50. The Labute approximate surface area is 254 Å². The summed E-state index contributed by atoms with van der Waals surface area (Å²) in [6, 6.07) is 4.04. The first-order valence-electron chi connectivity index (χ1n) is 14.3. The molecule has 1 saturated heterocycles. The van der Waals surface area contributed by atoms with Gasteiger partial charge in [0.1, 0.15) is 29.3 Å². The minimum atomic E-state index is -4.44. The Balaban J connectivity index is 2.34. The lowest BCUT2D eigenvalue weighted by atomic mass is 9.93. The average molecular weight is 633 g/mol. The predicted octanol–water partition coefficient (Wildman–Crippen LogP) is 6.85. The van der Waals surface area contributed by atoms with Crippen LogP contribution in [0.1, 0.15) is 50.0 Å². The van der Waals surface area contributed by atoms with Crippen LogP contribution >= 0.6 is 0 Å². The third-order valence-electron chi connectivity index (χ3n) is 6.80. The molecule has 1 aliphatic rings. The number of aliphatic hydroxyl groups is 1. The molecule has 1 aromatic carbocycles. The van der Waals surface area contributed by atoms with Crippen LogP contribution in [0.4, 0.5) is 13.2 Å². The quantitative estimate of drug-likeness (QED) is 0.0972. The van der Waals surface area contributed by atoms with E-state index >= 15 is 0 Å². The zero-order valence-electron chi connectivity index (χ0n) is 26.6. The molecule has 0 radical (unpaired) electrons. The van der Waals surface area contributed by atoms with Gasteiger partial charge in [0, 0.05) is 21.3 Å². The monoisotopic (exact) mass is 632 g/mol. The zero-order chi connectivity index (χ0) is 32.6. The predicted molar refractivity (Wildman–Crippen MR) is 161 cm³/mol. The van der Waals surface area contributed by atoms with Gasteiger partial charge < -0.3 is 33.5 Å². The molecule has 0 bridgehead atoms.